The van der Waals surface area contributed by atoms with Crippen LogP contribution in [0.4, 0.5) is 16.2 Å². The maximum Gasteiger partial charge on any atom is 0.411 e. The molecular weight excluding hydrogens is 382 g/mol. The van der Waals surface area contributed by atoms with E-state index in [0.717, 1.165) is 24.2 Å². The van der Waals surface area contributed by atoms with Gasteiger partial charge < -0.3 is 14.7 Å². The number of aliphatic hydroxyl groups excluding tert-OH is 1. The third kappa shape index (κ3) is 4.44. The zero-order valence-corrected chi connectivity index (χ0v) is 16.5. The third-order valence-electron chi connectivity index (χ3n) is 4.68. The van der Waals surface area contributed by atoms with Crippen LogP contribution < -0.4 is 14.9 Å². The van der Waals surface area contributed by atoms with Crippen LogP contribution in [0.5, 0.6) is 0 Å². The summed E-state index contributed by atoms with van der Waals surface area (Å²) < 4.78 is 31.8. The molecule has 3 N–H and O–H groups in total. The van der Waals surface area contributed by atoms with E-state index in [4.69, 9.17) is 0 Å². The van der Waals surface area contributed by atoms with E-state index >= 15 is 0 Å². The van der Waals surface area contributed by atoms with Crippen molar-refractivity contribution in [3.05, 3.63) is 53.6 Å². The van der Waals surface area contributed by atoms with Gasteiger partial charge in [-0.25, -0.2) is 17.9 Å². The molecule has 2 aromatic carbocycles. The van der Waals surface area contributed by atoms with Gasteiger partial charge in [0, 0.05) is 31.5 Å². The number of hydrogen-bond acceptors (Lipinski definition) is 6. The first-order chi connectivity index (χ1) is 13.3. The highest BCUT2D eigenvalue weighted by atomic mass is 32.2. The quantitative estimate of drug-likeness (QED) is 0.677. The summed E-state index contributed by atoms with van der Waals surface area (Å²) in [5.74, 6) is 0. The number of methoxy groups -OCH3 is 1. The van der Waals surface area contributed by atoms with Crippen LogP contribution in [-0.2, 0) is 21.2 Å². The van der Waals surface area contributed by atoms with Gasteiger partial charge in [0.25, 0.3) is 0 Å². The zero-order valence-electron chi connectivity index (χ0n) is 15.7. The molecule has 0 aromatic heterocycles. The van der Waals surface area contributed by atoms with E-state index in [2.05, 4.69) is 19.7 Å². The molecule has 1 heterocycles. The van der Waals surface area contributed by atoms with Crippen LogP contribution in [0.1, 0.15) is 17.2 Å². The average molecular weight is 405 g/mol. The van der Waals surface area contributed by atoms with E-state index in [1.807, 2.05) is 25.2 Å². The van der Waals surface area contributed by atoms with Crippen molar-refractivity contribution in [3.8, 4) is 0 Å². The summed E-state index contributed by atoms with van der Waals surface area (Å²) >= 11 is 0. The minimum atomic E-state index is -3.80. The molecule has 28 heavy (non-hydrogen) atoms. The van der Waals surface area contributed by atoms with Crippen LogP contribution >= 0.6 is 0 Å². The van der Waals surface area contributed by atoms with Gasteiger partial charge in [0.1, 0.15) is 0 Å². The Morgan fingerprint density at radius 1 is 1.25 bits per heavy atom. The van der Waals surface area contributed by atoms with Gasteiger partial charge in [0.15, 0.2) is 0 Å². The second kappa shape index (κ2) is 8.17. The molecule has 1 aliphatic rings. The van der Waals surface area contributed by atoms with Gasteiger partial charge in [-0.3, -0.25) is 5.32 Å². The standard InChI is InChI=1S/C19H23N3O5S/c1-22-10-9-13-11-14(3-8-17(13)22)18(23)12-20-28(25,26)16-6-4-15(5-7-16)21-19(24)27-2/h3-8,11,18,20,23H,9-10,12H2,1-2H3,(H,21,24)/t18-/m0/s1. The Hall–Kier alpha value is -2.62. The number of nitrogens with zero attached hydrogens (tertiary/aromatic N) is 1. The minimum absolute atomic E-state index is 0.0330. The molecule has 3 rings (SSSR count). The molecule has 0 aliphatic carbocycles. The van der Waals surface area contributed by atoms with Crippen molar-refractivity contribution < 1.29 is 23.1 Å². The number of amides is 1. The molecule has 1 aliphatic heterocycles. The Kier molecular flexibility index (Phi) is 5.87. The summed E-state index contributed by atoms with van der Waals surface area (Å²) in [4.78, 5) is 13.3. The van der Waals surface area contributed by atoms with Gasteiger partial charge in [0.2, 0.25) is 10.0 Å². The fourth-order valence-corrected chi connectivity index (χ4v) is 4.11. The fourth-order valence-electron chi connectivity index (χ4n) is 3.07. The van der Waals surface area contributed by atoms with Crippen LogP contribution in [0, 0.1) is 0 Å². The van der Waals surface area contributed by atoms with E-state index in [-0.39, 0.29) is 11.4 Å². The molecule has 0 radical (unpaired) electrons. The number of carbonyl (C=O) groups excluding carboxylic acids is 1. The Morgan fingerprint density at radius 3 is 2.64 bits per heavy atom. The van der Waals surface area contributed by atoms with Gasteiger partial charge in [0.05, 0.1) is 18.1 Å². The highest BCUT2D eigenvalue weighted by Crippen LogP contribution is 2.29. The smallest absolute Gasteiger partial charge is 0.411 e. The second-order valence-corrected chi connectivity index (χ2v) is 8.34. The molecule has 1 amide bonds. The highest BCUT2D eigenvalue weighted by molar-refractivity contribution is 7.89. The molecule has 1 atom stereocenters. The van der Waals surface area contributed by atoms with Crippen LogP contribution in [-0.4, -0.2) is 46.9 Å². The summed E-state index contributed by atoms with van der Waals surface area (Å²) in [6.45, 7) is 0.793. The summed E-state index contributed by atoms with van der Waals surface area (Å²) in [7, 11) is -0.542. The zero-order chi connectivity index (χ0) is 20.3. The topological polar surface area (TPSA) is 108 Å². The molecule has 0 unspecified atom stereocenters. The van der Waals surface area contributed by atoms with Crippen molar-refractivity contribution in [2.45, 2.75) is 17.4 Å². The Morgan fingerprint density at radius 2 is 1.96 bits per heavy atom. The first-order valence-electron chi connectivity index (χ1n) is 8.77. The number of anilines is 2. The number of nitrogens with one attached hydrogen (secondary N) is 2. The number of aliphatic hydroxyl groups is 1. The molecule has 0 bridgehead atoms. The summed E-state index contributed by atoms with van der Waals surface area (Å²) in [6.07, 6.45) is -0.687. The first kappa shape index (κ1) is 20.1. The third-order valence-corrected chi connectivity index (χ3v) is 6.12. The highest BCUT2D eigenvalue weighted by Gasteiger charge is 2.20. The molecule has 150 valence electrons. The number of rotatable bonds is 6. The summed E-state index contributed by atoms with van der Waals surface area (Å²) in [6, 6.07) is 11.3. The van der Waals surface area contributed by atoms with Gasteiger partial charge in [-0.05, 0) is 47.9 Å². The Bertz CT molecular complexity index is 960. The largest absolute Gasteiger partial charge is 0.453 e. The maximum absolute atomic E-state index is 12.4. The summed E-state index contributed by atoms with van der Waals surface area (Å²) in [5.41, 5.74) is 3.37. The molecule has 0 saturated heterocycles. The van der Waals surface area contributed by atoms with Crippen molar-refractivity contribution in [2.75, 3.05) is 37.5 Å². The number of fused-ring (bicyclic) bond motifs is 1. The number of benzene rings is 2. The molecule has 9 heteroatoms. The van der Waals surface area contributed by atoms with Crippen molar-refractivity contribution in [2.24, 2.45) is 0 Å². The lowest BCUT2D eigenvalue weighted by molar-refractivity contribution is 0.182. The number of hydrogen-bond donors (Lipinski definition) is 3. The van der Waals surface area contributed by atoms with Crippen molar-refractivity contribution >= 4 is 27.5 Å². The van der Waals surface area contributed by atoms with Crippen LogP contribution in [0.2, 0.25) is 0 Å². The maximum atomic E-state index is 12.4. The van der Waals surface area contributed by atoms with E-state index in [0.29, 0.717) is 11.3 Å². The molecule has 2 aromatic rings. The lowest BCUT2D eigenvalue weighted by Gasteiger charge is -2.16. The van der Waals surface area contributed by atoms with E-state index < -0.39 is 22.2 Å². The Balaban J connectivity index is 1.63. The SMILES string of the molecule is COC(=O)Nc1ccc(S(=O)(=O)NC[C@H](O)c2ccc3c(c2)CCN3C)cc1. The minimum Gasteiger partial charge on any atom is -0.453 e. The van der Waals surface area contributed by atoms with Crippen molar-refractivity contribution in [3.63, 3.8) is 0 Å². The monoisotopic (exact) mass is 405 g/mol. The number of sulfonamides is 1. The number of likely N-dealkylation sites (N-methyl/N-ethyl adjacent to an activating group) is 1. The average Bonchev–Trinajstić information content (AvgIpc) is 3.06. The van der Waals surface area contributed by atoms with Crippen LogP contribution in [0.15, 0.2) is 47.4 Å². The number of carbonyl (C=O) groups is 1. The van der Waals surface area contributed by atoms with Gasteiger partial charge in [-0.2, -0.15) is 0 Å². The van der Waals surface area contributed by atoms with Gasteiger partial charge in [-0.1, -0.05) is 12.1 Å². The predicted molar refractivity (Wildman–Crippen MR) is 106 cm³/mol. The lowest BCUT2D eigenvalue weighted by atomic mass is 10.0. The van der Waals surface area contributed by atoms with Gasteiger partial charge >= 0.3 is 6.09 Å². The first-order valence-corrected chi connectivity index (χ1v) is 10.2. The molecule has 8 nitrogen and oxygen atoms in total. The molecule has 0 fully saturated rings. The van der Waals surface area contributed by atoms with Crippen molar-refractivity contribution in [1.82, 2.24) is 4.72 Å². The summed E-state index contributed by atoms with van der Waals surface area (Å²) in [5, 5.41) is 12.8. The van der Waals surface area contributed by atoms with E-state index in [9.17, 15) is 18.3 Å². The lowest BCUT2D eigenvalue weighted by Crippen LogP contribution is -2.28. The molecule has 0 spiro atoms. The van der Waals surface area contributed by atoms with Crippen molar-refractivity contribution in [1.29, 1.82) is 0 Å². The fraction of sp³-hybridized carbons (Fsp3) is 0.316. The molecule has 0 saturated carbocycles. The predicted octanol–water partition coefficient (Wildman–Crippen LogP) is 1.87. The normalized spacial score (nSPS) is 14.5. The van der Waals surface area contributed by atoms with Crippen LogP contribution in [0.3, 0.4) is 0 Å². The van der Waals surface area contributed by atoms with E-state index in [1.54, 1.807) is 0 Å². The molecular formula is C19H23N3O5S. The Labute approximate surface area is 164 Å². The van der Waals surface area contributed by atoms with Gasteiger partial charge in [-0.15, -0.1) is 0 Å². The van der Waals surface area contributed by atoms with Crippen LogP contribution in [0.25, 0.3) is 0 Å². The number of ether oxygens (including phenoxy) is 1. The van der Waals surface area contributed by atoms with E-state index in [1.165, 1.54) is 31.4 Å². The second-order valence-electron chi connectivity index (χ2n) is 6.57.